The van der Waals surface area contributed by atoms with Gasteiger partial charge in [0.05, 0.1) is 24.1 Å². The molecule has 1 heterocycles. The number of rotatable bonds is 4. The van der Waals surface area contributed by atoms with E-state index in [0.717, 1.165) is 22.1 Å². The van der Waals surface area contributed by atoms with Crippen LogP contribution in [0.3, 0.4) is 0 Å². The monoisotopic (exact) mass is 307 g/mol. The summed E-state index contributed by atoms with van der Waals surface area (Å²) in [7, 11) is 0. The van der Waals surface area contributed by atoms with E-state index in [4.69, 9.17) is 0 Å². The van der Waals surface area contributed by atoms with Crippen molar-refractivity contribution in [1.82, 2.24) is 9.97 Å². The molecular formula is C13H14BrN3O. The summed E-state index contributed by atoms with van der Waals surface area (Å²) in [5.41, 5.74) is 1.69. The average molecular weight is 308 g/mol. The highest BCUT2D eigenvalue weighted by Gasteiger charge is 2.14. The van der Waals surface area contributed by atoms with Gasteiger partial charge < -0.3 is 10.4 Å². The predicted octanol–water partition coefficient (Wildman–Crippen LogP) is 3.51. The molecule has 2 rings (SSSR count). The summed E-state index contributed by atoms with van der Waals surface area (Å²) in [5, 5.41) is 13.2. The third kappa shape index (κ3) is 2.98. The second-order valence-corrected chi connectivity index (χ2v) is 4.85. The number of hydrogen-bond donors (Lipinski definition) is 2. The van der Waals surface area contributed by atoms with Gasteiger partial charge in [0.25, 0.3) is 0 Å². The van der Waals surface area contributed by atoms with Crippen molar-refractivity contribution in [2.75, 3.05) is 5.32 Å². The second kappa shape index (κ2) is 5.82. The number of phenols is 1. The maximum Gasteiger partial charge on any atom is 0.120 e. The van der Waals surface area contributed by atoms with Crippen LogP contribution in [0.5, 0.6) is 5.75 Å². The van der Waals surface area contributed by atoms with Crippen molar-refractivity contribution in [2.45, 2.75) is 19.4 Å². The Kier molecular flexibility index (Phi) is 4.15. The minimum absolute atomic E-state index is 0.0218. The van der Waals surface area contributed by atoms with Gasteiger partial charge in [-0.15, -0.1) is 0 Å². The third-order valence-electron chi connectivity index (χ3n) is 2.67. The molecule has 94 valence electrons. The zero-order valence-corrected chi connectivity index (χ0v) is 11.6. The fourth-order valence-corrected chi connectivity index (χ4v) is 2.16. The topological polar surface area (TPSA) is 58.0 Å². The van der Waals surface area contributed by atoms with Crippen LogP contribution < -0.4 is 5.32 Å². The van der Waals surface area contributed by atoms with Gasteiger partial charge in [-0.2, -0.15) is 0 Å². The summed E-state index contributed by atoms with van der Waals surface area (Å²) in [4.78, 5) is 7.92. The molecule has 0 fully saturated rings. The maximum atomic E-state index is 9.92. The Bertz CT molecular complexity index is 519. The average Bonchev–Trinajstić information content (AvgIpc) is 2.40. The molecule has 4 nitrogen and oxygen atoms in total. The number of nitrogens with zero attached hydrogens (tertiary/aromatic N) is 2. The molecule has 5 heteroatoms. The van der Waals surface area contributed by atoms with E-state index in [1.807, 2.05) is 12.1 Å². The quantitative estimate of drug-likeness (QED) is 0.907. The van der Waals surface area contributed by atoms with Gasteiger partial charge in [0.1, 0.15) is 12.1 Å². The van der Waals surface area contributed by atoms with E-state index in [9.17, 15) is 5.11 Å². The first kappa shape index (κ1) is 12.8. The van der Waals surface area contributed by atoms with Gasteiger partial charge in [-0.05, 0) is 24.6 Å². The molecule has 18 heavy (non-hydrogen) atoms. The molecule has 0 spiro atoms. The summed E-state index contributed by atoms with van der Waals surface area (Å²) in [5.74, 6) is 0.286. The Balaban J connectivity index is 2.26. The number of nitrogens with one attached hydrogen (secondary N) is 1. The Morgan fingerprint density at radius 2 is 2.06 bits per heavy atom. The molecule has 0 amide bonds. The number of aromatic nitrogens is 2. The molecule has 1 atom stereocenters. The van der Waals surface area contributed by atoms with Gasteiger partial charge in [0.2, 0.25) is 0 Å². The zero-order valence-electron chi connectivity index (χ0n) is 9.97. The fraction of sp³-hybridized carbons (Fsp3) is 0.231. The Labute approximate surface area is 114 Å². The van der Waals surface area contributed by atoms with Gasteiger partial charge in [-0.1, -0.05) is 22.9 Å². The molecule has 0 aliphatic heterocycles. The molecule has 0 aliphatic rings. The highest BCUT2D eigenvalue weighted by Crippen LogP contribution is 2.31. The highest BCUT2D eigenvalue weighted by molar-refractivity contribution is 9.10. The van der Waals surface area contributed by atoms with Crippen molar-refractivity contribution in [1.29, 1.82) is 0 Å². The van der Waals surface area contributed by atoms with Crippen molar-refractivity contribution in [3.05, 3.63) is 47.0 Å². The number of anilines is 1. The van der Waals surface area contributed by atoms with Gasteiger partial charge in [-0.25, -0.2) is 9.97 Å². The zero-order chi connectivity index (χ0) is 13.0. The third-order valence-corrected chi connectivity index (χ3v) is 3.17. The molecule has 2 N–H and O–H groups in total. The first-order chi connectivity index (χ1) is 8.70. The fourth-order valence-electron chi connectivity index (χ4n) is 1.78. The summed E-state index contributed by atoms with van der Waals surface area (Å²) in [6.45, 7) is 2.06. The van der Waals surface area contributed by atoms with Crippen LogP contribution in [0.2, 0.25) is 0 Å². The molecule has 2 aromatic rings. The largest absolute Gasteiger partial charge is 0.508 e. The summed E-state index contributed by atoms with van der Waals surface area (Å²) in [6, 6.07) is 5.44. The van der Waals surface area contributed by atoms with Crippen LogP contribution in [-0.4, -0.2) is 15.1 Å². The highest BCUT2D eigenvalue weighted by atomic mass is 79.9. The van der Waals surface area contributed by atoms with Crippen LogP contribution in [0, 0.1) is 0 Å². The smallest absolute Gasteiger partial charge is 0.120 e. The summed E-state index contributed by atoms with van der Waals surface area (Å²) in [6.07, 6.45) is 5.76. The van der Waals surface area contributed by atoms with E-state index in [2.05, 4.69) is 38.1 Å². The molecule has 1 aromatic carbocycles. The van der Waals surface area contributed by atoms with E-state index in [1.165, 1.54) is 6.33 Å². The SMILES string of the molecule is CCC(Nc1cncnc1)c1cc(Br)ccc1O. The van der Waals surface area contributed by atoms with Crippen LogP contribution in [0.1, 0.15) is 24.9 Å². The Morgan fingerprint density at radius 3 is 2.72 bits per heavy atom. The minimum atomic E-state index is 0.0218. The van der Waals surface area contributed by atoms with E-state index < -0.39 is 0 Å². The van der Waals surface area contributed by atoms with E-state index in [1.54, 1.807) is 18.5 Å². The number of halogens is 1. The molecule has 1 unspecified atom stereocenters. The van der Waals surface area contributed by atoms with Crippen LogP contribution in [0.15, 0.2) is 41.4 Å². The number of phenolic OH excluding ortho intramolecular Hbond substituents is 1. The molecule has 0 aliphatic carbocycles. The van der Waals surface area contributed by atoms with Crippen molar-refractivity contribution < 1.29 is 5.11 Å². The Hall–Kier alpha value is -1.62. The van der Waals surface area contributed by atoms with Gasteiger partial charge >= 0.3 is 0 Å². The van der Waals surface area contributed by atoms with E-state index in [0.29, 0.717) is 0 Å². The predicted molar refractivity (Wildman–Crippen MR) is 74.5 cm³/mol. The van der Waals surface area contributed by atoms with Crippen molar-refractivity contribution >= 4 is 21.6 Å². The lowest BCUT2D eigenvalue weighted by atomic mass is 10.0. The van der Waals surface area contributed by atoms with Crippen LogP contribution in [-0.2, 0) is 0 Å². The van der Waals surface area contributed by atoms with Crippen molar-refractivity contribution in [2.24, 2.45) is 0 Å². The minimum Gasteiger partial charge on any atom is -0.508 e. The van der Waals surface area contributed by atoms with Crippen LogP contribution in [0.4, 0.5) is 5.69 Å². The van der Waals surface area contributed by atoms with Gasteiger partial charge in [-0.3, -0.25) is 0 Å². The molecule has 1 aromatic heterocycles. The van der Waals surface area contributed by atoms with Crippen LogP contribution >= 0.6 is 15.9 Å². The van der Waals surface area contributed by atoms with Gasteiger partial charge in [0.15, 0.2) is 0 Å². The first-order valence-corrected chi connectivity index (χ1v) is 6.50. The van der Waals surface area contributed by atoms with Crippen LogP contribution in [0.25, 0.3) is 0 Å². The van der Waals surface area contributed by atoms with Crippen molar-refractivity contribution in [3.63, 3.8) is 0 Å². The number of benzene rings is 1. The Morgan fingerprint density at radius 1 is 1.33 bits per heavy atom. The standard InChI is InChI=1S/C13H14BrN3O/c1-2-12(17-10-6-15-8-16-7-10)11-5-9(14)3-4-13(11)18/h3-8,12,17-18H,2H2,1H3. The number of hydrogen-bond acceptors (Lipinski definition) is 4. The lowest BCUT2D eigenvalue weighted by Crippen LogP contribution is -2.10. The van der Waals surface area contributed by atoms with Gasteiger partial charge in [0, 0.05) is 10.0 Å². The molecule has 0 saturated carbocycles. The van der Waals surface area contributed by atoms with E-state index >= 15 is 0 Å². The lowest BCUT2D eigenvalue weighted by molar-refractivity contribution is 0.462. The second-order valence-electron chi connectivity index (χ2n) is 3.94. The first-order valence-electron chi connectivity index (χ1n) is 5.70. The van der Waals surface area contributed by atoms with Crippen molar-refractivity contribution in [3.8, 4) is 5.75 Å². The maximum absolute atomic E-state index is 9.92. The lowest BCUT2D eigenvalue weighted by Gasteiger charge is -2.19. The molecule has 0 radical (unpaired) electrons. The summed E-state index contributed by atoms with van der Waals surface area (Å²) < 4.78 is 0.944. The molecular weight excluding hydrogens is 294 g/mol. The normalized spacial score (nSPS) is 12.1. The summed E-state index contributed by atoms with van der Waals surface area (Å²) >= 11 is 3.42. The number of aromatic hydroxyl groups is 1. The molecule has 0 bridgehead atoms. The molecule has 0 saturated heterocycles. The van der Waals surface area contributed by atoms with E-state index in [-0.39, 0.29) is 11.8 Å².